The third kappa shape index (κ3) is 4.82. The molecule has 2 N–H and O–H groups in total. The Morgan fingerprint density at radius 2 is 1.89 bits per heavy atom. The molecule has 0 fully saturated rings. The Balaban J connectivity index is 2.49. The largest absolute Gasteiger partial charge is 0.502 e. The molecule has 0 aliphatic carbocycles. The number of aromatic hydroxyl groups is 1. The number of sulfonamides is 1. The van der Waals surface area contributed by atoms with E-state index in [0.29, 0.717) is 18.6 Å². The minimum atomic E-state index is -4.72. The minimum Gasteiger partial charge on any atom is -0.502 e. The van der Waals surface area contributed by atoms with Crippen molar-refractivity contribution in [1.82, 2.24) is 0 Å². The van der Waals surface area contributed by atoms with Crippen LogP contribution in [0.4, 0.5) is 24.5 Å². The highest BCUT2D eigenvalue weighted by molar-refractivity contribution is 7.92. The number of phenolic OH excluding ortho intramolecular Hbond substituents is 1. The van der Waals surface area contributed by atoms with Crippen molar-refractivity contribution in [2.45, 2.75) is 24.4 Å². The third-order valence-corrected chi connectivity index (χ3v) is 4.83. The third-order valence-electron chi connectivity index (χ3n) is 3.47. The molecule has 0 bridgehead atoms. The molecule has 0 unspecified atom stereocenters. The van der Waals surface area contributed by atoms with Crippen LogP contribution in [-0.2, 0) is 16.2 Å². The number of alkyl halides is 3. The van der Waals surface area contributed by atoms with Crippen LogP contribution < -0.4 is 9.46 Å². The van der Waals surface area contributed by atoms with Gasteiger partial charge < -0.3 is 9.84 Å². The van der Waals surface area contributed by atoms with Crippen LogP contribution in [0.15, 0.2) is 41.3 Å². The number of hydrogen-bond donors (Lipinski definition) is 2. The molecular formula is C16H15F3N2O6S. The summed E-state index contributed by atoms with van der Waals surface area (Å²) in [5, 5.41) is 20.3. The van der Waals surface area contributed by atoms with Crippen molar-refractivity contribution >= 4 is 21.4 Å². The molecule has 2 aromatic carbocycles. The van der Waals surface area contributed by atoms with E-state index in [1.54, 1.807) is 6.92 Å². The van der Waals surface area contributed by atoms with Crippen LogP contribution in [0.5, 0.6) is 11.5 Å². The molecule has 8 nitrogen and oxygen atoms in total. The lowest BCUT2D eigenvalue weighted by Gasteiger charge is -2.16. The molecule has 0 atom stereocenters. The summed E-state index contributed by atoms with van der Waals surface area (Å²) < 4.78 is 71.2. The molecule has 12 heteroatoms. The zero-order chi connectivity index (χ0) is 21.1. The molecule has 28 heavy (non-hydrogen) atoms. The maximum atomic E-state index is 13.0. The molecule has 0 aliphatic heterocycles. The standard InChI is InChI=1S/C16H15F3N2O6S/c1-2-7-27-15-6-3-10(16(17,18)19)8-12(15)20-28(25,26)11-4-5-14(22)13(9-11)21(23)24/h3-6,8-9,20,22H,2,7H2,1H3. The normalized spacial score (nSPS) is 11.9. The molecule has 152 valence electrons. The average Bonchev–Trinajstić information content (AvgIpc) is 2.59. The van der Waals surface area contributed by atoms with Crippen LogP contribution in [0.3, 0.4) is 0 Å². The number of nitrogens with zero attached hydrogens (tertiary/aromatic N) is 1. The van der Waals surface area contributed by atoms with Crippen LogP contribution in [0.2, 0.25) is 0 Å². The number of rotatable bonds is 7. The number of phenols is 1. The molecular weight excluding hydrogens is 405 g/mol. The maximum Gasteiger partial charge on any atom is 0.416 e. The first-order chi connectivity index (χ1) is 13.0. The number of nitro groups is 1. The van der Waals surface area contributed by atoms with E-state index in [1.165, 1.54) is 0 Å². The topological polar surface area (TPSA) is 119 Å². The van der Waals surface area contributed by atoms with E-state index in [2.05, 4.69) is 0 Å². The first-order valence-electron chi connectivity index (χ1n) is 7.80. The second-order valence-electron chi connectivity index (χ2n) is 5.57. The molecule has 0 radical (unpaired) electrons. The van der Waals surface area contributed by atoms with Gasteiger partial charge in [-0.1, -0.05) is 6.92 Å². The fourth-order valence-electron chi connectivity index (χ4n) is 2.14. The van der Waals surface area contributed by atoms with E-state index in [9.17, 15) is 36.8 Å². The summed E-state index contributed by atoms with van der Waals surface area (Å²) >= 11 is 0. The van der Waals surface area contributed by atoms with Gasteiger partial charge in [0.25, 0.3) is 10.0 Å². The summed E-state index contributed by atoms with van der Waals surface area (Å²) in [5.74, 6) is -0.887. The fraction of sp³-hybridized carbons (Fsp3) is 0.250. The molecule has 2 aromatic rings. The van der Waals surface area contributed by atoms with E-state index in [-0.39, 0.29) is 12.4 Å². The van der Waals surface area contributed by atoms with Gasteiger partial charge in [-0.15, -0.1) is 0 Å². The molecule has 0 saturated carbocycles. The van der Waals surface area contributed by atoms with Crippen LogP contribution in [-0.4, -0.2) is 25.1 Å². The zero-order valence-electron chi connectivity index (χ0n) is 14.4. The van der Waals surface area contributed by atoms with Crippen molar-refractivity contribution < 1.29 is 36.4 Å². The van der Waals surface area contributed by atoms with Crippen molar-refractivity contribution in [3.63, 3.8) is 0 Å². The predicted molar refractivity (Wildman–Crippen MR) is 92.8 cm³/mol. The second-order valence-corrected chi connectivity index (χ2v) is 7.25. The van der Waals surface area contributed by atoms with Crippen LogP contribution in [0.1, 0.15) is 18.9 Å². The lowest BCUT2D eigenvalue weighted by Crippen LogP contribution is -2.15. The van der Waals surface area contributed by atoms with Crippen molar-refractivity contribution in [3.05, 3.63) is 52.1 Å². The number of hydrogen-bond acceptors (Lipinski definition) is 6. The van der Waals surface area contributed by atoms with E-state index >= 15 is 0 Å². The Morgan fingerprint density at radius 3 is 2.46 bits per heavy atom. The molecule has 0 spiro atoms. The summed E-state index contributed by atoms with van der Waals surface area (Å²) in [7, 11) is -4.51. The van der Waals surface area contributed by atoms with Gasteiger partial charge in [0.15, 0.2) is 5.75 Å². The number of anilines is 1. The monoisotopic (exact) mass is 420 g/mol. The first-order valence-corrected chi connectivity index (χ1v) is 9.28. The lowest BCUT2D eigenvalue weighted by molar-refractivity contribution is -0.386. The van der Waals surface area contributed by atoms with Gasteiger partial charge in [-0.05, 0) is 36.8 Å². The summed E-state index contributed by atoms with van der Waals surface area (Å²) in [4.78, 5) is 9.27. The number of benzene rings is 2. The fourth-order valence-corrected chi connectivity index (χ4v) is 3.23. The van der Waals surface area contributed by atoms with Gasteiger partial charge in [-0.3, -0.25) is 14.8 Å². The van der Waals surface area contributed by atoms with E-state index in [0.717, 1.165) is 24.3 Å². The van der Waals surface area contributed by atoms with Gasteiger partial charge in [0, 0.05) is 6.07 Å². The molecule has 0 amide bonds. The first kappa shape index (κ1) is 21.3. The van der Waals surface area contributed by atoms with Gasteiger partial charge in [0.05, 0.1) is 27.7 Å². The number of nitrogens with one attached hydrogen (secondary N) is 1. The molecule has 0 aromatic heterocycles. The molecule has 0 aliphatic rings. The summed E-state index contributed by atoms with van der Waals surface area (Å²) in [6.45, 7) is 1.88. The van der Waals surface area contributed by atoms with E-state index in [1.807, 2.05) is 4.72 Å². The van der Waals surface area contributed by atoms with Crippen LogP contribution in [0, 0.1) is 10.1 Å². The van der Waals surface area contributed by atoms with Gasteiger partial charge in [0.1, 0.15) is 5.75 Å². The number of nitro benzene ring substituents is 1. The Morgan fingerprint density at radius 1 is 1.21 bits per heavy atom. The van der Waals surface area contributed by atoms with E-state index < -0.39 is 48.7 Å². The Kier molecular flexibility index (Phi) is 6.02. The second kappa shape index (κ2) is 7.92. The zero-order valence-corrected chi connectivity index (χ0v) is 15.2. The predicted octanol–water partition coefficient (Wildman–Crippen LogP) is 3.91. The SMILES string of the molecule is CCCOc1ccc(C(F)(F)F)cc1NS(=O)(=O)c1ccc(O)c([N+](=O)[O-])c1. The Hall–Kier alpha value is -3.02. The van der Waals surface area contributed by atoms with E-state index in [4.69, 9.17) is 4.74 Å². The summed E-state index contributed by atoms with van der Waals surface area (Å²) in [6.07, 6.45) is -4.20. The highest BCUT2D eigenvalue weighted by atomic mass is 32.2. The van der Waals surface area contributed by atoms with Gasteiger partial charge in [-0.25, -0.2) is 8.42 Å². The van der Waals surface area contributed by atoms with Crippen molar-refractivity contribution in [3.8, 4) is 11.5 Å². The highest BCUT2D eigenvalue weighted by Crippen LogP contribution is 2.36. The van der Waals surface area contributed by atoms with Gasteiger partial charge in [0.2, 0.25) is 0 Å². The smallest absolute Gasteiger partial charge is 0.416 e. The lowest BCUT2D eigenvalue weighted by atomic mass is 10.2. The molecule has 2 rings (SSSR count). The van der Waals surface area contributed by atoms with Crippen molar-refractivity contribution in [2.75, 3.05) is 11.3 Å². The van der Waals surface area contributed by atoms with Crippen LogP contribution >= 0.6 is 0 Å². The van der Waals surface area contributed by atoms with Crippen molar-refractivity contribution in [2.24, 2.45) is 0 Å². The highest BCUT2D eigenvalue weighted by Gasteiger charge is 2.32. The Bertz CT molecular complexity index is 992. The Labute approximate surface area is 157 Å². The minimum absolute atomic E-state index is 0.130. The molecule has 0 saturated heterocycles. The van der Waals surface area contributed by atoms with Crippen molar-refractivity contribution in [1.29, 1.82) is 0 Å². The molecule has 0 heterocycles. The van der Waals surface area contributed by atoms with Gasteiger partial charge in [-0.2, -0.15) is 13.2 Å². The summed E-state index contributed by atoms with van der Waals surface area (Å²) in [6, 6.07) is 4.57. The maximum absolute atomic E-state index is 13.0. The quantitative estimate of drug-likeness (QED) is 0.518. The van der Waals surface area contributed by atoms with Gasteiger partial charge >= 0.3 is 11.9 Å². The average molecular weight is 420 g/mol. The number of ether oxygens (including phenoxy) is 1. The number of halogens is 3. The summed E-state index contributed by atoms with van der Waals surface area (Å²) in [5.41, 5.74) is -2.45. The van der Waals surface area contributed by atoms with Crippen LogP contribution in [0.25, 0.3) is 0 Å².